The van der Waals surface area contributed by atoms with Crippen molar-refractivity contribution in [2.24, 2.45) is 10.2 Å². The fourth-order valence-corrected chi connectivity index (χ4v) is 2.32. The number of aliphatic hydroxyl groups excluding tert-OH is 2. The molecule has 7 heteroatoms. The zero-order valence-corrected chi connectivity index (χ0v) is 13.3. The van der Waals surface area contributed by atoms with Crippen molar-refractivity contribution < 1.29 is 15.1 Å². The molecule has 0 aliphatic carbocycles. The highest BCUT2D eigenvalue weighted by atomic mass is 16.6. The fraction of sp³-hybridized carbons (Fsp3) is 0.294. The molecule has 24 heavy (non-hydrogen) atoms. The maximum atomic E-state index is 10.6. The lowest BCUT2D eigenvalue weighted by Crippen LogP contribution is -2.06. The molecule has 0 radical (unpaired) electrons. The maximum absolute atomic E-state index is 10.6. The molecule has 2 rings (SSSR count). The largest absolute Gasteiger partial charge is 0.396 e. The molecule has 0 aromatic heterocycles. The number of hydrogen-bond donors (Lipinski definition) is 2. The molecule has 0 spiro atoms. The molecule has 2 aromatic rings. The van der Waals surface area contributed by atoms with Crippen LogP contribution >= 0.6 is 0 Å². The van der Waals surface area contributed by atoms with Gasteiger partial charge in [-0.05, 0) is 42.7 Å². The summed E-state index contributed by atoms with van der Waals surface area (Å²) in [5.41, 5.74) is 3.05. The van der Waals surface area contributed by atoms with E-state index in [1.54, 1.807) is 6.07 Å². The summed E-state index contributed by atoms with van der Waals surface area (Å²) in [6.45, 7) is 1.89. The average Bonchev–Trinajstić information content (AvgIpc) is 2.59. The van der Waals surface area contributed by atoms with E-state index in [9.17, 15) is 15.2 Å². The highest BCUT2D eigenvalue weighted by Crippen LogP contribution is 2.27. The second-order valence-corrected chi connectivity index (χ2v) is 5.41. The van der Waals surface area contributed by atoms with Crippen LogP contribution in [0.1, 0.15) is 23.5 Å². The van der Waals surface area contributed by atoms with Gasteiger partial charge in [0.25, 0.3) is 5.69 Å². The Bertz CT molecular complexity index is 729. The molecule has 1 unspecified atom stereocenters. The Morgan fingerprint density at radius 2 is 1.83 bits per heavy atom. The van der Waals surface area contributed by atoms with Crippen molar-refractivity contribution in [2.75, 3.05) is 13.2 Å². The number of benzene rings is 2. The Morgan fingerprint density at radius 1 is 1.12 bits per heavy atom. The summed E-state index contributed by atoms with van der Waals surface area (Å²) in [5.74, 6) is -0.102. The number of azo groups is 1. The normalized spacial score (nSPS) is 12.5. The number of aryl methyl sites for hydroxylation is 1. The van der Waals surface area contributed by atoms with E-state index in [2.05, 4.69) is 10.2 Å². The Balaban J connectivity index is 2.16. The summed E-state index contributed by atoms with van der Waals surface area (Å²) in [6, 6.07) is 11.4. The third-order valence-corrected chi connectivity index (χ3v) is 3.72. The average molecular weight is 329 g/mol. The van der Waals surface area contributed by atoms with Gasteiger partial charge in [0.15, 0.2) is 0 Å². The van der Waals surface area contributed by atoms with Crippen molar-refractivity contribution in [3.8, 4) is 0 Å². The molecule has 2 N–H and O–H groups in total. The second-order valence-electron chi connectivity index (χ2n) is 5.41. The summed E-state index contributed by atoms with van der Waals surface area (Å²) in [7, 11) is 0. The minimum absolute atomic E-state index is 0.00779. The Hall–Kier alpha value is -2.64. The number of hydrogen-bond acceptors (Lipinski definition) is 6. The molecule has 1 atom stereocenters. The van der Waals surface area contributed by atoms with Gasteiger partial charge in [0.2, 0.25) is 0 Å². The van der Waals surface area contributed by atoms with Crippen LogP contribution in [0.15, 0.2) is 52.7 Å². The van der Waals surface area contributed by atoms with Crippen LogP contribution < -0.4 is 0 Å². The molecular weight excluding hydrogens is 310 g/mol. The molecule has 126 valence electrons. The molecule has 0 bridgehead atoms. The third-order valence-electron chi connectivity index (χ3n) is 3.72. The summed E-state index contributed by atoms with van der Waals surface area (Å²) in [4.78, 5) is 10.1. The topological polar surface area (TPSA) is 108 Å². The molecular formula is C17H19N3O4. The highest BCUT2D eigenvalue weighted by Gasteiger charge is 2.11. The maximum Gasteiger partial charge on any atom is 0.269 e. The molecule has 2 aromatic carbocycles. The molecule has 0 heterocycles. The zero-order valence-electron chi connectivity index (χ0n) is 13.3. The number of nitro groups is 1. The predicted octanol–water partition coefficient (Wildman–Crippen LogP) is 3.78. The lowest BCUT2D eigenvalue weighted by molar-refractivity contribution is -0.384. The van der Waals surface area contributed by atoms with Gasteiger partial charge in [0.05, 0.1) is 22.9 Å². The smallest absolute Gasteiger partial charge is 0.269 e. The quantitative estimate of drug-likeness (QED) is 0.458. The van der Waals surface area contributed by atoms with E-state index >= 15 is 0 Å². The van der Waals surface area contributed by atoms with Gasteiger partial charge in [0, 0.05) is 24.7 Å². The number of rotatable bonds is 7. The van der Waals surface area contributed by atoms with Crippen molar-refractivity contribution in [1.29, 1.82) is 0 Å². The second kappa shape index (κ2) is 8.28. The first-order valence-electron chi connectivity index (χ1n) is 7.53. The van der Waals surface area contributed by atoms with E-state index in [-0.39, 0.29) is 24.8 Å². The van der Waals surface area contributed by atoms with Gasteiger partial charge in [-0.25, -0.2) is 0 Å². The van der Waals surface area contributed by atoms with E-state index in [0.29, 0.717) is 17.8 Å². The van der Waals surface area contributed by atoms with E-state index in [1.807, 2.05) is 19.1 Å². The van der Waals surface area contributed by atoms with Crippen LogP contribution in [0.2, 0.25) is 0 Å². The van der Waals surface area contributed by atoms with Crippen molar-refractivity contribution in [3.05, 3.63) is 63.7 Å². The van der Waals surface area contributed by atoms with Crippen molar-refractivity contribution in [1.82, 2.24) is 0 Å². The summed E-state index contributed by atoms with van der Waals surface area (Å²) < 4.78 is 0. The van der Waals surface area contributed by atoms with E-state index < -0.39 is 4.92 Å². The highest BCUT2D eigenvalue weighted by molar-refractivity contribution is 5.49. The Kier molecular flexibility index (Phi) is 6.11. The van der Waals surface area contributed by atoms with Gasteiger partial charge in [0.1, 0.15) is 0 Å². The monoisotopic (exact) mass is 329 g/mol. The number of nitrogens with zero attached hydrogens (tertiary/aromatic N) is 3. The van der Waals surface area contributed by atoms with Crippen LogP contribution in [0.5, 0.6) is 0 Å². The first-order valence-corrected chi connectivity index (χ1v) is 7.53. The number of non-ortho nitro benzene ring substituents is 1. The Morgan fingerprint density at radius 3 is 2.38 bits per heavy atom. The minimum atomic E-state index is -0.465. The lowest BCUT2D eigenvalue weighted by Gasteiger charge is -2.14. The fourth-order valence-electron chi connectivity index (χ4n) is 2.32. The van der Waals surface area contributed by atoms with Gasteiger partial charge < -0.3 is 10.2 Å². The molecule has 7 nitrogen and oxygen atoms in total. The van der Waals surface area contributed by atoms with E-state index in [0.717, 1.165) is 11.1 Å². The SMILES string of the molecule is Cc1cc(C(CO)CCO)ccc1/N=N/c1ccc([N+](=O)[O-])cc1. The molecule has 0 saturated heterocycles. The van der Waals surface area contributed by atoms with Gasteiger partial charge in [-0.1, -0.05) is 12.1 Å². The predicted molar refractivity (Wildman–Crippen MR) is 90.0 cm³/mol. The molecule has 0 amide bonds. The first kappa shape index (κ1) is 17.7. The molecule has 0 aliphatic heterocycles. The van der Waals surface area contributed by atoms with Gasteiger partial charge in [-0.2, -0.15) is 10.2 Å². The number of aliphatic hydroxyl groups is 2. The van der Waals surface area contributed by atoms with Crippen LogP contribution in [-0.2, 0) is 0 Å². The Labute approximate surface area is 139 Å². The van der Waals surface area contributed by atoms with Crippen LogP contribution in [0, 0.1) is 17.0 Å². The lowest BCUT2D eigenvalue weighted by atomic mass is 9.95. The molecule has 0 aliphatic rings. The summed E-state index contributed by atoms with van der Waals surface area (Å²) in [5, 5.41) is 37.3. The number of nitro benzene ring substituents is 1. The van der Waals surface area contributed by atoms with Crippen molar-refractivity contribution in [2.45, 2.75) is 19.3 Å². The summed E-state index contributed by atoms with van der Waals surface area (Å²) in [6.07, 6.45) is 0.500. The first-order chi connectivity index (χ1) is 11.5. The molecule has 0 saturated carbocycles. The standard InChI is InChI=1S/C17H19N3O4/c1-12-10-13(14(11-22)8-9-21)2-7-17(12)19-18-15-3-5-16(6-4-15)20(23)24/h2-7,10,14,21-22H,8-9,11H2,1H3/b19-18+. The van der Waals surface area contributed by atoms with Gasteiger partial charge in [-0.15, -0.1) is 0 Å². The van der Waals surface area contributed by atoms with E-state index in [4.69, 9.17) is 5.11 Å². The van der Waals surface area contributed by atoms with Crippen LogP contribution in [0.4, 0.5) is 17.1 Å². The van der Waals surface area contributed by atoms with Crippen LogP contribution in [-0.4, -0.2) is 28.4 Å². The van der Waals surface area contributed by atoms with Crippen molar-refractivity contribution in [3.63, 3.8) is 0 Å². The molecule has 0 fully saturated rings. The summed E-state index contributed by atoms with van der Waals surface area (Å²) >= 11 is 0. The zero-order chi connectivity index (χ0) is 17.5. The van der Waals surface area contributed by atoms with Crippen LogP contribution in [0.25, 0.3) is 0 Å². The minimum Gasteiger partial charge on any atom is -0.396 e. The van der Waals surface area contributed by atoms with Gasteiger partial charge >= 0.3 is 0 Å². The van der Waals surface area contributed by atoms with Gasteiger partial charge in [-0.3, -0.25) is 10.1 Å². The van der Waals surface area contributed by atoms with E-state index in [1.165, 1.54) is 24.3 Å². The van der Waals surface area contributed by atoms with Crippen LogP contribution in [0.3, 0.4) is 0 Å². The third kappa shape index (κ3) is 4.43. The van der Waals surface area contributed by atoms with Crippen molar-refractivity contribution >= 4 is 17.1 Å².